The average molecular weight is 279 g/mol. The number of carboxylic acids is 1. The van der Waals surface area contributed by atoms with Crippen molar-refractivity contribution in [3.8, 4) is 5.75 Å². The predicted molar refractivity (Wildman–Crippen MR) is 70.3 cm³/mol. The van der Waals surface area contributed by atoms with Crippen LogP contribution in [0.3, 0.4) is 0 Å². The standard InChI is InChI=1S/C14H17NO5/c1-9(20-11-5-3-2-4-6-11)13(17)15-8-10(16)7-12(15)14(18)19/h2-6,9-10,12,16H,7-8H2,1H3,(H,18,19)/t9?,10-,12-/m1/s1. The monoisotopic (exact) mass is 279 g/mol. The van der Waals surface area contributed by atoms with Gasteiger partial charge in [-0.2, -0.15) is 0 Å². The third-order valence-corrected chi connectivity index (χ3v) is 3.25. The molecule has 108 valence electrons. The molecule has 6 nitrogen and oxygen atoms in total. The molecular weight excluding hydrogens is 262 g/mol. The zero-order valence-electron chi connectivity index (χ0n) is 11.1. The molecule has 1 amide bonds. The molecule has 0 aliphatic carbocycles. The van der Waals surface area contributed by atoms with E-state index in [1.54, 1.807) is 31.2 Å². The summed E-state index contributed by atoms with van der Waals surface area (Å²) < 4.78 is 5.49. The van der Waals surface area contributed by atoms with Gasteiger partial charge in [0.05, 0.1) is 6.10 Å². The quantitative estimate of drug-likeness (QED) is 0.838. The number of likely N-dealkylation sites (tertiary alicyclic amines) is 1. The number of carboxylic acid groups (broad SMARTS) is 1. The van der Waals surface area contributed by atoms with Gasteiger partial charge in [-0.3, -0.25) is 4.79 Å². The normalized spacial score (nSPS) is 23.4. The average Bonchev–Trinajstić information content (AvgIpc) is 2.81. The highest BCUT2D eigenvalue weighted by Crippen LogP contribution is 2.20. The molecule has 1 aromatic carbocycles. The van der Waals surface area contributed by atoms with Crippen molar-refractivity contribution in [3.63, 3.8) is 0 Å². The van der Waals surface area contributed by atoms with Crippen molar-refractivity contribution in [2.45, 2.75) is 31.6 Å². The minimum Gasteiger partial charge on any atom is -0.481 e. The lowest BCUT2D eigenvalue weighted by molar-refractivity contribution is -0.150. The van der Waals surface area contributed by atoms with Gasteiger partial charge in [0.2, 0.25) is 0 Å². The van der Waals surface area contributed by atoms with Gasteiger partial charge in [0.15, 0.2) is 6.10 Å². The fourth-order valence-corrected chi connectivity index (χ4v) is 2.28. The van der Waals surface area contributed by atoms with Crippen LogP contribution in [-0.4, -0.2) is 51.8 Å². The summed E-state index contributed by atoms with van der Waals surface area (Å²) in [7, 11) is 0. The van der Waals surface area contributed by atoms with E-state index in [2.05, 4.69) is 0 Å². The van der Waals surface area contributed by atoms with Crippen LogP contribution in [0.2, 0.25) is 0 Å². The van der Waals surface area contributed by atoms with Gasteiger partial charge >= 0.3 is 5.97 Å². The molecule has 1 aliphatic rings. The van der Waals surface area contributed by atoms with Crippen LogP contribution in [0.25, 0.3) is 0 Å². The van der Waals surface area contributed by atoms with E-state index in [-0.39, 0.29) is 13.0 Å². The number of carbonyl (C=O) groups excluding carboxylic acids is 1. The van der Waals surface area contributed by atoms with Gasteiger partial charge in [0, 0.05) is 13.0 Å². The lowest BCUT2D eigenvalue weighted by Crippen LogP contribution is -2.46. The number of hydrogen-bond donors (Lipinski definition) is 2. The van der Waals surface area contributed by atoms with Crippen LogP contribution in [0.1, 0.15) is 13.3 Å². The van der Waals surface area contributed by atoms with Crippen molar-refractivity contribution >= 4 is 11.9 Å². The third kappa shape index (κ3) is 3.08. The summed E-state index contributed by atoms with van der Waals surface area (Å²) in [6, 6.07) is 7.85. The number of rotatable bonds is 4. The van der Waals surface area contributed by atoms with Crippen LogP contribution < -0.4 is 4.74 Å². The van der Waals surface area contributed by atoms with Crippen molar-refractivity contribution < 1.29 is 24.5 Å². The van der Waals surface area contributed by atoms with Gasteiger partial charge in [-0.1, -0.05) is 18.2 Å². The molecule has 1 aromatic rings. The Labute approximate surface area is 116 Å². The summed E-state index contributed by atoms with van der Waals surface area (Å²) in [6.45, 7) is 1.59. The van der Waals surface area contributed by atoms with Gasteiger partial charge in [-0.05, 0) is 19.1 Å². The van der Waals surface area contributed by atoms with Crippen LogP contribution in [0.15, 0.2) is 30.3 Å². The molecule has 1 aliphatic heterocycles. The van der Waals surface area contributed by atoms with E-state index in [0.717, 1.165) is 0 Å². The number of aliphatic hydroxyl groups is 1. The van der Waals surface area contributed by atoms with Crippen molar-refractivity contribution in [3.05, 3.63) is 30.3 Å². The maximum absolute atomic E-state index is 12.2. The highest BCUT2D eigenvalue weighted by molar-refractivity contribution is 5.87. The van der Waals surface area contributed by atoms with Gasteiger partial charge in [-0.25, -0.2) is 4.79 Å². The molecule has 2 N–H and O–H groups in total. The minimum atomic E-state index is -1.11. The zero-order chi connectivity index (χ0) is 14.7. The molecule has 1 heterocycles. The van der Waals surface area contributed by atoms with E-state index >= 15 is 0 Å². The number of ether oxygens (including phenoxy) is 1. The van der Waals surface area contributed by atoms with E-state index < -0.39 is 30.1 Å². The highest BCUT2D eigenvalue weighted by Gasteiger charge is 2.40. The second-order valence-corrected chi connectivity index (χ2v) is 4.81. The Morgan fingerprint density at radius 1 is 1.35 bits per heavy atom. The first kappa shape index (κ1) is 14.3. The topological polar surface area (TPSA) is 87.1 Å². The Kier molecular flexibility index (Phi) is 4.24. The third-order valence-electron chi connectivity index (χ3n) is 3.25. The molecule has 0 aromatic heterocycles. The number of amides is 1. The van der Waals surface area contributed by atoms with Crippen LogP contribution >= 0.6 is 0 Å². The number of benzene rings is 1. The summed E-state index contributed by atoms with van der Waals surface area (Å²) in [6.07, 6.45) is -1.55. The SMILES string of the molecule is CC(Oc1ccccc1)C(=O)N1C[C@H](O)C[C@@H]1C(=O)O. The van der Waals surface area contributed by atoms with E-state index in [4.69, 9.17) is 9.84 Å². The molecule has 1 saturated heterocycles. The number of carbonyl (C=O) groups is 2. The lowest BCUT2D eigenvalue weighted by atomic mass is 10.2. The second kappa shape index (κ2) is 5.92. The molecule has 2 rings (SSSR count). The summed E-state index contributed by atoms with van der Waals surface area (Å²) >= 11 is 0. The Bertz CT molecular complexity index is 490. The largest absolute Gasteiger partial charge is 0.481 e. The van der Waals surface area contributed by atoms with Crippen LogP contribution in [0.5, 0.6) is 5.75 Å². The first-order chi connectivity index (χ1) is 9.49. The zero-order valence-corrected chi connectivity index (χ0v) is 11.1. The van der Waals surface area contributed by atoms with E-state index in [1.807, 2.05) is 6.07 Å². The maximum atomic E-state index is 12.2. The molecule has 1 fully saturated rings. The van der Waals surface area contributed by atoms with E-state index in [9.17, 15) is 14.7 Å². The summed E-state index contributed by atoms with van der Waals surface area (Å²) in [4.78, 5) is 24.5. The number of aliphatic carboxylic acids is 1. The number of nitrogens with zero attached hydrogens (tertiary/aromatic N) is 1. The molecule has 1 unspecified atom stereocenters. The maximum Gasteiger partial charge on any atom is 0.326 e. The molecule has 3 atom stereocenters. The summed E-state index contributed by atoms with van der Waals surface area (Å²) in [5.41, 5.74) is 0. The van der Waals surface area contributed by atoms with Gasteiger partial charge in [-0.15, -0.1) is 0 Å². The molecule has 0 bridgehead atoms. The summed E-state index contributed by atoms with van der Waals surface area (Å²) in [5.74, 6) is -1.00. The summed E-state index contributed by atoms with van der Waals surface area (Å²) in [5, 5.41) is 18.6. The first-order valence-corrected chi connectivity index (χ1v) is 6.42. The van der Waals surface area contributed by atoms with Gasteiger partial charge in [0.25, 0.3) is 5.91 Å². The Morgan fingerprint density at radius 2 is 2.00 bits per heavy atom. The molecule has 0 saturated carbocycles. The van der Waals surface area contributed by atoms with Crippen molar-refractivity contribution in [1.82, 2.24) is 4.90 Å². The van der Waals surface area contributed by atoms with E-state index in [1.165, 1.54) is 4.90 Å². The number of hydrogen-bond acceptors (Lipinski definition) is 4. The van der Waals surface area contributed by atoms with Crippen molar-refractivity contribution in [1.29, 1.82) is 0 Å². The number of para-hydroxylation sites is 1. The minimum absolute atomic E-state index is 0.0261. The molecule has 20 heavy (non-hydrogen) atoms. The van der Waals surface area contributed by atoms with Crippen LogP contribution in [-0.2, 0) is 9.59 Å². The predicted octanol–water partition coefficient (Wildman–Crippen LogP) is 0.500. The molecular formula is C14H17NO5. The smallest absolute Gasteiger partial charge is 0.326 e. The molecule has 0 spiro atoms. The second-order valence-electron chi connectivity index (χ2n) is 4.81. The fraction of sp³-hybridized carbons (Fsp3) is 0.429. The van der Waals surface area contributed by atoms with Crippen molar-refractivity contribution in [2.24, 2.45) is 0 Å². The van der Waals surface area contributed by atoms with Gasteiger partial charge in [0.1, 0.15) is 11.8 Å². The molecule has 6 heteroatoms. The van der Waals surface area contributed by atoms with E-state index in [0.29, 0.717) is 5.75 Å². The first-order valence-electron chi connectivity index (χ1n) is 6.42. The van der Waals surface area contributed by atoms with Crippen LogP contribution in [0, 0.1) is 0 Å². The van der Waals surface area contributed by atoms with Crippen molar-refractivity contribution in [2.75, 3.05) is 6.54 Å². The number of aliphatic hydroxyl groups excluding tert-OH is 1. The molecule has 0 radical (unpaired) electrons. The highest BCUT2D eigenvalue weighted by atomic mass is 16.5. The Hall–Kier alpha value is -2.08. The van der Waals surface area contributed by atoms with Gasteiger partial charge < -0.3 is 19.8 Å². The fourth-order valence-electron chi connectivity index (χ4n) is 2.28. The number of β-amino-alcohol motifs (C(OH)–C–C–N with tert-alkyl or cyclic N) is 1. The lowest BCUT2D eigenvalue weighted by Gasteiger charge is -2.25. The van der Waals surface area contributed by atoms with Crippen LogP contribution in [0.4, 0.5) is 0 Å². The Morgan fingerprint density at radius 3 is 2.60 bits per heavy atom. The Balaban J connectivity index is 2.04.